The van der Waals surface area contributed by atoms with Gasteiger partial charge < -0.3 is 14.8 Å². The first-order valence-electron chi connectivity index (χ1n) is 6.62. The molecule has 110 valence electrons. The minimum atomic E-state index is -0.642. The molecule has 1 atom stereocenters. The first-order chi connectivity index (χ1) is 8.92. The molecule has 0 aromatic rings. The third-order valence-electron chi connectivity index (χ3n) is 3.25. The molecule has 1 N–H and O–H groups in total. The predicted molar refractivity (Wildman–Crippen MR) is 70.7 cm³/mol. The number of nitrogens with zero attached hydrogens (tertiary/aromatic N) is 1. The summed E-state index contributed by atoms with van der Waals surface area (Å²) in [4.78, 5) is 25.6. The summed E-state index contributed by atoms with van der Waals surface area (Å²) in [6, 6.07) is -0.336. The number of piperazine rings is 1. The molecule has 6 heteroatoms. The summed E-state index contributed by atoms with van der Waals surface area (Å²) >= 11 is 0. The third kappa shape index (κ3) is 4.18. The second-order valence-corrected chi connectivity index (χ2v) is 5.32. The smallest absolute Gasteiger partial charge is 0.324 e. The van der Waals surface area contributed by atoms with E-state index in [1.165, 1.54) is 7.11 Å². The molecule has 0 spiro atoms. The van der Waals surface area contributed by atoms with Crippen molar-refractivity contribution in [3.8, 4) is 0 Å². The highest BCUT2D eigenvalue weighted by Gasteiger charge is 2.37. The van der Waals surface area contributed by atoms with Crippen LogP contribution in [0.3, 0.4) is 0 Å². The highest BCUT2D eigenvalue weighted by molar-refractivity contribution is 5.78. The molecule has 0 amide bonds. The minimum absolute atomic E-state index is 0.240. The van der Waals surface area contributed by atoms with Gasteiger partial charge >= 0.3 is 11.9 Å². The molecule has 1 heterocycles. The minimum Gasteiger partial charge on any atom is -0.469 e. The van der Waals surface area contributed by atoms with Crippen LogP contribution in [-0.2, 0) is 19.1 Å². The molecule has 0 aromatic carbocycles. The largest absolute Gasteiger partial charge is 0.469 e. The number of carbonyl (C=O) groups excluding carboxylic acids is 2. The molecular formula is C13H24N2O4. The quantitative estimate of drug-likeness (QED) is 0.712. The van der Waals surface area contributed by atoms with Crippen LogP contribution < -0.4 is 5.32 Å². The van der Waals surface area contributed by atoms with Crippen molar-refractivity contribution in [3.05, 3.63) is 0 Å². The van der Waals surface area contributed by atoms with E-state index in [0.717, 1.165) is 6.54 Å². The number of hydrogen-bond acceptors (Lipinski definition) is 6. The van der Waals surface area contributed by atoms with Crippen LogP contribution in [0.15, 0.2) is 0 Å². The van der Waals surface area contributed by atoms with E-state index >= 15 is 0 Å². The average Bonchev–Trinajstić information content (AvgIpc) is 2.38. The number of nitrogens with one attached hydrogen (secondary N) is 1. The van der Waals surface area contributed by atoms with E-state index in [4.69, 9.17) is 9.47 Å². The molecule has 0 radical (unpaired) electrons. The van der Waals surface area contributed by atoms with E-state index < -0.39 is 5.41 Å². The van der Waals surface area contributed by atoms with Crippen molar-refractivity contribution in [2.75, 3.05) is 39.9 Å². The Morgan fingerprint density at radius 2 is 2.11 bits per heavy atom. The second-order valence-electron chi connectivity index (χ2n) is 5.32. The zero-order valence-electron chi connectivity index (χ0n) is 12.2. The Kier molecular flexibility index (Phi) is 5.75. The lowest BCUT2D eigenvalue weighted by Gasteiger charge is -2.38. The summed E-state index contributed by atoms with van der Waals surface area (Å²) in [5.74, 6) is -0.510. The average molecular weight is 272 g/mol. The zero-order valence-corrected chi connectivity index (χ0v) is 12.2. The van der Waals surface area contributed by atoms with Gasteiger partial charge in [0.05, 0.1) is 19.1 Å². The zero-order chi connectivity index (χ0) is 14.5. The van der Waals surface area contributed by atoms with Crippen LogP contribution >= 0.6 is 0 Å². The van der Waals surface area contributed by atoms with E-state index in [-0.39, 0.29) is 18.0 Å². The van der Waals surface area contributed by atoms with Gasteiger partial charge in [-0.05, 0) is 20.8 Å². The lowest BCUT2D eigenvalue weighted by molar-refractivity contribution is -0.157. The molecule has 1 fully saturated rings. The Bertz CT molecular complexity index is 331. The first-order valence-corrected chi connectivity index (χ1v) is 6.62. The summed E-state index contributed by atoms with van der Waals surface area (Å²) in [6.07, 6.45) is 0. The molecule has 1 saturated heterocycles. The summed E-state index contributed by atoms with van der Waals surface area (Å²) in [7, 11) is 1.38. The Morgan fingerprint density at radius 1 is 1.42 bits per heavy atom. The molecule has 6 nitrogen and oxygen atoms in total. The molecular weight excluding hydrogens is 248 g/mol. The summed E-state index contributed by atoms with van der Waals surface area (Å²) in [6.45, 7) is 8.34. The highest BCUT2D eigenvalue weighted by atomic mass is 16.5. The Labute approximate surface area is 114 Å². The number of esters is 2. The van der Waals surface area contributed by atoms with Gasteiger partial charge in [0, 0.05) is 26.2 Å². The number of rotatable bonds is 5. The maximum absolute atomic E-state index is 11.9. The Hall–Kier alpha value is -1.14. The van der Waals surface area contributed by atoms with Gasteiger partial charge in [-0.1, -0.05) is 0 Å². The maximum Gasteiger partial charge on any atom is 0.324 e. The fourth-order valence-electron chi connectivity index (χ4n) is 2.26. The lowest BCUT2D eigenvalue weighted by atomic mass is 9.92. The molecule has 0 saturated carbocycles. The van der Waals surface area contributed by atoms with E-state index in [2.05, 4.69) is 5.32 Å². The number of ether oxygens (including phenoxy) is 2. The van der Waals surface area contributed by atoms with Crippen molar-refractivity contribution < 1.29 is 19.1 Å². The van der Waals surface area contributed by atoms with Crippen LogP contribution in [0, 0.1) is 5.41 Å². The fourth-order valence-corrected chi connectivity index (χ4v) is 2.26. The normalized spacial score (nSPS) is 20.9. The number of methoxy groups -OCH3 is 1. The maximum atomic E-state index is 11.9. The summed E-state index contributed by atoms with van der Waals surface area (Å²) < 4.78 is 9.88. The highest BCUT2D eigenvalue weighted by Crippen LogP contribution is 2.21. The molecule has 19 heavy (non-hydrogen) atoms. The van der Waals surface area contributed by atoms with Gasteiger partial charge in [0.15, 0.2) is 0 Å². The lowest BCUT2D eigenvalue weighted by Crippen LogP contribution is -2.58. The van der Waals surface area contributed by atoms with Crippen molar-refractivity contribution in [1.82, 2.24) is 10.2 Å². The molecule has 0 bridgehead atoms. The predicted octanol–water partition coefficient (Wildman–Crippen LogP) is 0.0225. The van der Waals surface area contributed by atoms with Crippen LogP contribution in [0.2, 0.25) is 0 Å². The van der Waals surface area contributed by atoms with E-state index in [1.807, 2.05) is 18.7 Å². The standard InChI is InChI=1S/C13H24N2O4/c1-5-19-11(16)10-8-14-6-7-15(10)9-13(2,3)12(17)18-4/h10,14H,5-9H2,1-4H3. The summed E-state index contributed by atoms with van der Waals surface area (Å²) in [5, 5.41) is 3.17. The molecule has 1 rings (SSSR count). The van der Waals surface area contributed by atoms with Crippen LogP contribution in [0.25, 0.3) is 0 Å². The Balaban J connectivity index is 2.72. The van der Waals surface area contributed by atoms with E-state index in [9.17, 15) is 9.59 Å². The SMILES string of the molecule is CCOC(=O)C1CNCCN1CC(C)(C)C(=O)OC. The molecule has 1 unspecified atom stereocenters. The monoisotopic (exact) mass is 272 g/mol. The van der Waals surface area contributed by atoms with Crippen molar-refractivity contribution in [2.45, 2.75) is 26.8 Å². The van der Waals surface area contributed by atoms with Crippen molar-refractivity contribution in [3.63, 3.8) is 0 Å². The van der Waals surface area contributed by atoms with Gasteiger partial charge in [0.1, 0.15) is 6.04 Å². The van der Waals surface area contributed by atoms with Gasteiger partial charge in [-0.3, -0.25) is 14.5 Å². The molecule has 0 aromatic heterocycles. The van der Waals surface area contributed by atoms with Crippen molar-refractivity contribution in [2.24, 2.45) is 5.41 Å². The van der Waals surface area contributed by atoms with E-state index in [1.54, 1.807) is 6.92 Å². The number of carbonyl (C=O) groups is 2. The van der Waals surface area contributed by atoms with Crippen LogP contribution in [0.5, 0.6) is 0 Å². The number of hydrogen-bond donors (Lipinski definition) is 1. The van der Waals surface area contributed by atoms with Crippen LogP contribution in [0.1, 0.15) is 20.8 Å². The van der Waals surface area contributed by atoms with Gasteiger partial charge in [-0.2, -0.15) is 0 Å². The molecule has 1 aliphatic rings. The third-order valence-corrected chi connectivity index (χ3v) is 3.25. The van der Waals surface area contributed by atoms with Gasteiger partial charge in [0.25, 0.3) is 0 Å². The first kappa shape index (κ1) is 15.9. The van der Waals surface area contributed by atoms with Gasteiger partial charge in [-0.15, -0.1) is 0 Å². The second kappa shape index (κ2) is 6.86. The van der Waals surface area contributed by atoms with Gasteiger partial charge in [0.2, 0.25) is 0 Å². The Morgan fingerprint density at radius 3 is 2.68 bits per heavy atom. The topological polar surface area (TPSA) is 67.9 Å². The van der Waals surface area contributed by atoms with Crippen molar-refractivity contribution in [1.29, 1.82) is 0 Å². The summed E-state index contributed by atoms with van der Waals surface area (Å²) in [5.41, 5.74) is -0.642. The van der Waals surface area contributed by atoms with Crippen LogP contribution in [0.4, 0.5) is 0 Å². The van der Waals surface area contributed by atoms with E-state index in [0.29, 0.717) is 26.2 Å². The van der Waals surface area contributed by atoms with Gasteiger partial charge in [-0.25, -0.2) is 0 Å². The van der Waals surface area contributed by atoms with Crippen LogP contribution in [-0.4, -0.2) is 62.8 Å². The molecule has 0 aliphatic carbocycles. The molecule has 1 aliphatic heterocycles. The fraction of sp³-hybridized carbons (Fsp3) is 0.846. The van der Waals surface area contributed by atoms with Crippen molar-refractivity contribution >= 4 is 11.9 Å².